The molecule has 0 bridgehead atoms. The first-order valence-electron chi connectivity index (χ1n) is 9.61. The van der Waals surface area contributed by atoms with Gasteiger partial charge < -0.3 is 15.4 Å². The lowest BCUT2D eigenvalue weighted by Gasteiger charge is -2.20. The smallest absolute Gasteiger partial charge is 0.296 e. The van der Waals surface area contributed by atoms with E-state index in [0.29, 0.717) is 30.1 Å². The maximum atomic E-state index is 12.8. The second-order valence-electron chi connectivity index (χ2n) is 6.61. The number of methoxy groups -OCH3 is 1. The standard InChI is InChI=1S/C20H26N4O6S/c1-5-23(6-2)31(28,29)19-11-15(8-7-14(19)3)21-13-20(25)22-17-10-9-16(30-4)12-18(17)24(26)27/h7-12,21H,5-6,13H2,1-4H3,(H,22,25). The molecule has 0 saturated heterocycles. The number of rotatable bonds is 10. The molecule has 0 aliphatic carbocycles. The number of hydrogen-bond acceptors (Lipinski definition) is 7. The largest absolute Gasteiger partial charge is 0.496 e. The zero-order valence-electron chi connectivity index (χ0n) is 17.8. The van der Waals surface area contributed by atoms with Crippen molar-refractivity contribution in [3.05, 3.63) is 52.1 Å². The highest BCUT2D eigenvalue weighted by Crippen LogP contribution is 2.29. The van der Waals surface area contributed by atoms with E-state index in [1.54, 1.807) is 32.9 Å². The maximum absolute atomic E-state index is 12.8. The third kappa shape index (κ3) is 5.70. The minimum absolute atomic E-state index is 0.0336. The summed E-state index contributed by atoms with van der Waals surface area (Å²) in [5.74, 6) is -0.230. The second kappa shape index (κ2) is 10.2. The fourth-order valence-corrected chi connectivity index (χ4v) is 4.67. The first kappa shape index (κ1) is 24.1. The molecule has 0 aliphatic rings. The first-order chi connectivity index (χ1) is 14.6. The molecule has 0 saturated carbocycles. The molecule has 11 heteroatoms. The highest BCUT2D eigenvalue weighted by atomic mass is 32.2. The van der Waals surface area contributed by atoms with Gasteiger partial charge in [0.15, 0.2) is 0 Å². The van der Waals surface area contributed by atoms with Crippen molar-refractivity contribution in [2.24, 2.45) is 0 Å². The number of benzene rings is 2. The number of carbonyl (C=O) groups is 1. The first-order valence-corrected chi connectivity index (χ1v) is 11.0. The Bertz CT molecular complexity index is 1070. The van der Waals surface area contributed by atoms with Crippen LogP contribution in [0.15, 0.2) is 41.3 Å². The van der Waals surface area contributed by atoms with Gasteiger partial charge in [-0.25, -0.2) is 8.42 Å². The fourth-order valence-electron chi connectivity index (χ4n) is 2.96. The average molecular weight is 451 g/mol. The molecule has 0 aromatic heterocycles. The topological polar surface area (TPSA) is 131 Å². The number of carbonyl (C=O) groups excluding carboxylic acids is 1. The van der Waals surface area contributed by atoms with Crippen LogP contribution in [0.5, 0.6) is 5.75 Å². The van der Waals surface area contributed by atoms with E-state index < -0.39 is 20.9 Å². The van der Waals surface area contributed by atoms with E-state index in [9.17, 15) is 23.3 Å². The van der Waals surface area contributed by atoms with Crippen molar-refractivity contribution in [1.29, 1.82) is 0 Å². The molecule has 0 unspecified atom stereocenters. The van der Waals surface area contributed by atoms with Crippen LogP contribution in [0.3, 0.4) is 0 Å². The van der Waals surface area contributed by atoms with Gasteiger partial charge in [0.05, 0.1) is 29.5 Å². The highest BCUT2D eigenvalue weighted by Gasteiger charge is 2.24. The van der Waals surface area contributed by atoms with Crippen LogP contribution in [-0.2, 0) is 14.8 Å². The number of anilines is 2. The number of ether oxygens (including phenoxy) is 1. The van der Waals surface area contributed by atoms with Gasteiger partial charge >= 0.3 is 0 Å². The van der Waals surface area contributed by atoms with Crippen molar-refractivity contribution in [2.75, 3.05) is 37.4 Å². The van der Waals surface area contributed by atoms with Gasteiger partial charge in [-0.15, -0.1) is 0 Å². The summed E-state index contributed by atoms with van der Waals surface area (Å²) in [7, 11) is -2.27. The van der Waals surface area contributed by atoms with E-state index in [0.717, 1.165) is 0 Å². The summed E-state index contributed by atoms with van der Waals surface area (Å²) < 4.78 is 32.0. The van der Waals surface area contributed by atoms with Crippen molar-refractivity contribution >= 4 is 33.0 Å². The monoisotopic (exact) mass is 450 g/mol. The van der Waals surface area contributed by atoms with Crippen LogP contribution < -0.4 is 15.4 Å². The number of amides is 1. The van der Waals surface area contributed by atoms with Crippen LogP contribution >= 0.6 is 0 Å². The number of nitro benzene ring substituents is 1. The molecule has 2 rings (SSSR count). The van der Waals surface area contributed by atoms with Crippen molar-refractivity contribution in [3.8, 4) is 5.75 Å². The summed E-state index contributed by atoms with van der Waals surface area (Å²) in [5.41, 5.74) is 0.772. The lowest BCUT2D eigenvalue weighted by molar-refractivity contribution is -0.384. The molecule has 0 fully saturated rings. The summed E-state index contributed by atoms with van der Waals surface area (Å²) in [4.78, 5) is 23.1. The normalized spacial score (nSPS) is 11.3. The molecule has 1 amide bonds. The van der Waals surface area contributed by atoms with E-state index >= 15 is 0 Å². The van der Waals surface area contributed by atoms with Crippen molar-refractivity contribution in [1.82, 2.24) is 4.31 Å². The number of nitrogens with one attached hydrogen (secondary N) is 2. The van der Waals surface area contributed by atoms with E-state index in [4.69, 9.17) is 4.74 Å². The fraction of sp³-hybridized carbons (Fsp3) is 0.350. The number of hydrogen-bond donors (Lipinski definition) is 2. The van der Waals surface area contributed by atoms with Crippen LogP contribution in [0.1, 0.15) is 19.4 Å². The molecule has 2 aromatic carbocycles. The van der Waals surface area contributed by atoms with E-state index in [2.05, 4.69) is 10.6 Å². The van der Waals surface area contributed by atoms with Gasteiger partial charge in [-0.2, -0.15) is 4.31 Å². The van der Waals surface area contributed by atoms with Gasteiger partial charge in [-0.3, -0.25) is 14.9 Å². The predicted molar refractivity (Wildman–Crippen MR) is 118 cm³/mol. The van der Waals surface area contributed by atoms with Gasteiger partial charge in [0.25, 0.3) is 5.69 Å². The second-order valence-corrected chi connectivity index (χ2v) is 8.52. The highest BCUT2D eigenvalue weighted by molar-refractivity contribution is 7.89. The maximum Gasteiger partial charge on any atom is 0.296 e. The minimum Gasteiger partial charge on any atom is -0.496 e. The minimum atomic E-state index is -3.66. The van der Waals surface area contributed by atoms with Crippen LogP contribution in [0.25, 0.3) is 0 Å². The zero-order valence-corrected chi connectivity index (χ0v) is 18.7. The third-order valence-corrected chi connectivity index (χ3v) is 6.83. The summed E-state index contributed by atoms with van der Waals surface area (Å²) in [5, 5.41) is 16.6. The van der Waals surface area contributed by atoms with Gasteiger partial charge in [0, 0.05) is 18.8 Å². The molecule has 2 aromatic rings. The molecule has 0 spiro atoms. The summed E-state index contributed by atoms with van der Waals surface area (Å²) >= 11 is 0. The number of nitrogens with zero attached hydrogens (tertiary/aromatic N) is 2. The Kier molecular flexibility index (Phi) is 7.95. The molecule has 31 heavy (non-hydrogen) atoms. The van der Waals surface area contributed by atoms with Gasteiger partial charge in [0.1, 0.15) is 11.4 Å². The molecular weight excluding hydrogens is 424 g/mol. The Morgan fingerprint density at radius 3 is 2.42 bits per heavy atom. The molecule has 0 radical (unpaired) electrons. The summed E-state index contributed by atoms with van der Waals surface area (Å²) in [6, 6.07) is 8.90. The van der Waals surface area contributed by atoms with E-state index in [1.807, 2.05) is 0 Å². The van der Waals surface area contributed by atoms with Gasteiger partial charge in [-0.1, -0.05) is 19.9 Å². The zero-order chi connectivity index (χ0) is 23.2. The Balaban J connectivity index is 2.16. The van der Waals surface area contributed by atoms with Gasteiger partial charge in [0.2, 0.25) is 15.9 Å². The molecule has 10 nitrogen and oxygen atoms in total. The van der Waals surface area contributed by atoms with Gasteiger partial charge in [-0.05, 0) is 36.8 Å². The Labute approximate surface area is 181 Å². The number of aryl methyl sites for hydroxylation is 1. The lowest BCUT2D eigenvalue weighted by Crippen LogP contribution is -2.31. The Hall–Kier alpha value is -3.18. The number of sulfonamides is 1. The number of nitro groups is 1. The van der Waals surface area contributed by atoms with E-state index in [-0.39, 0.29) is 22.8 Å². The summed E-state index contributed by atoms with van der Waals surface area (Å²) in [6.45, 7) is 5.72. The molecule has 2 N–H and O–H groups in total. The van der Waals surface area contributed by atoms with E-state index in [1.165, 1.54) is 35.7 Å². The molecular formula is C20H26N4O6S. The lowest BCUT2D eigenvalue weighted by atomic mass is 10.2. The van der Waals surface area contributed by atoms with Crippen LogP contribution in [0.2, 0.25) is 0 Å². The van der Waals surface area contributed by atoms with Crippen LogP contribution in [0, 0.1) is 17.0 Å². The quantitative estimate of drug-likeness (QED) is 0.420. The third-order valence-electron chi connectivity index (χ3n) is 4.64. The molecule has 0 atom stereocenters. The average Bonchev–Trinajstić information content (AvgIpc) is 2.73. The van der Waals surface area contributed by atoms with Crippen LogP contribution in [-0.4, -0.2) is 50.3 Å². The Morgan fingerprint density at radius 1 is 1.16 bits per heavy atom. The SMILES string of the molecule is CCN(CC)S(=O)(=O)c1cc(NCC(=O)Nc2ccc(OC)cc2[N+](=O)[O-])ccc1C. The van der Waals surface area contributed by atoms with Crippen molar-refractivity contribution < 1.29 is 22.9 Å². The molecule has 0 heterocycles. The molecule has 0 aliphatic heterocycles. The predicted octanol–water partition coefficient (Wildman–Crippen LogP) is 2.99. The van der Waals surface area contributed by atoms with Crippen LogP contribution in [0.4, 0.5) is 17.1 Å². The summed E-state index contributed by atoms with van der Waals surface area (Å²) in [6.07, 6.45) is 0. The van der Waals surface area contributed by atoms with Crippen molar-refractivity contribution in [3.63, 3.8) is 0 Å². The van der Waals surface area contributed by atoms with Crippen molar-refractivity contribution in [2.45, 2.75) is 25.7 Å². The Morgan fingerprint density at radius 2 is 1.84 bits per heavy atom. The molecule has 168 valence electrons.